The Morgan fingerprint density at radius 3 is 2.55 bits per heavy atom. The first kappa shape index (κ1) is 18.0. The highest BCUT2D eigenvalue weighted by Gasteiger charge is 2.14. The van der Waals surface area contributed by atoms with Gasteiger partial charge < -0.3 is 19.5 Å². The second-order valence-electron chi connectivity index (χ2n) is 4.48. The molecule has 0 saturated heterocycles. The van der Waals surface area contributed by atoms with E-state index < -0.39 is 0 Å². The van der Waals surface area contributed by atoms with Crippen LogP contribution in [0.25, 0.3) is 0 Å². The van der Waals surface area contributed by atoms with Gasteiger partial charge in [0.25, 0.3) is 5.91 Å². The standard InChI is InChI=1S/C14H21N3O4S/c1-9(8-19-2)15-14(22)17-16-13(18)11-7-10(20-3)5-6-12(11)21-4/h5-7,9H,8H2,1-4H3,(H,16,18)(H2,15,17,22)/t9-/m1/s1. The van der Waals surface area contributed by atoms with Crippen LogP contribution < -0.4 is 25.6 Å². The van der Waals surface area contributed by atoms with Gasteiger partial charge in [-0.25, -0.2) is 0 Å². The molecule has 0 spiro atoms. The van der Waals surface area contributed by atoms with E-state index in [-0.39, 0.29) is 11.9 Å². The van der Waals surface area contributed by atoms with Crippen molar-refractivity contribution in [3.8, 4) is 11.5 Å². The summed E-state index contributed by atoms with van der Waals surface area (Å²) in [5.74, 6) is 0.603. The number of methoxy groups -OCH3 is 3. The molecule has 1 aromatic rings. The van der Waals surface area contributed by atoms with Crippen molar-refractivity contribution in [2.24, 2.45) is 0 Å². The number of carbonyl (C=O) groups excluding carboxylic acids is 1. The van der Waals surface area contributed by atoms with E-state index in [0.29, 0.717) is 28.8 Å². The van der Waals surface area contributed by atoms with E-state index in [1.54, 1.807) is 25.3 Å². The summed E-state index contributed by atoms with van der Waals surface area (Å²) in [6, 6.07) is 4.97. The van der Waals surface area contributed by atoms with Gasteiger partial charge in [-0.2, -0.15) is 0 Å². The van der Waals surface area contributed by atoms with E-state index in [4.69, 9.17) is 26.4 Å². The molecule has 0 heterocycles. The normalized spacial score (nSPS) is 11.3. The monoisotopic (exact) mass is 327 g/mol. The van der Waals surface area contributed by atoms with Crippen molar-refractivity contribution < 1.29 is 19.0 Å². The van der Waals surface area contributed by atoms with E-state index >= 15 is 0 Å². The van der Waals surface area contributed by atoms with Crippen LogP contribution in [-0.4, -0.2) is 45.0 Å². The summed E-state index contributed by atoms with van der Waals surface area (Å²) in [5.41, 5.74) is 5.47. The summed E-state index contributed by atoms with van der Waals surface area (Å²) < 4.78 is 15.2. The lowest BCUT2D eigenvalue weighted by atomic mass is 10.2. The third-order valence-electron chi connectivity index (χ3n) is 2.73. The van der Waals surface area contributed by atoms with Crippen molar-refractivity contribution >= 4 is 23.2 Å². The minimum absolute atomic E-state index is 0.0215. The largest absolute Gasteiger partial charge is 0.497 e. The SMILES string of the molecule is COC[C@@H](C)NC(=S)NNC(=O)c1cc(OC)ccc1OC. The van der Waals surface area contributed by atoms with Crippen LogP contribution in [0, 0.1) is 0 Å². The summed E-state index contributed by atoms with van der Waals surface area (Å²) in [6.07, 6.45) is 0. The van der Waals surface area contributed by atoms with E-state index in [1.807, 2.05) is 6.92 Å². The van der Waals surface area contributed by atoms with Gasteiger partial charge in [0.15, 0.2) is 5.11 Å². The molecule has 0 bridgehead atoms. The number of hydrogen-bond acceptors (Lipinski definition) is 5. The molecule has 3 N–H and O–H groups in total. The Balaban J connectivity index is 2.63. The highest BCUT2D eigenvalue weighted by atomic mass is 32.1. The summed E-state index contributed by atoms with van der Waals surface area (Å²) in [7, 11) is 4.62. The summed E-state index contributed by atoms with van der Waals surface area (Å²) in [6.45, 7) is 2.41. The van der Waals surface area contributed by atoms with Crippen LogP contribution in [0.5, 0.6) is 11.5 Å². The second-order valence-corrected chi connectivity index (χ2v) is 4.88. The number of ether oxygens (including phenoxy) is 3. The Bertz CT molecular complexity index is 525. The zero-order chi connectivity index (χ0) is 16.5. The predicted molar refractivity (Wildman–Crippen MR) is 87.2 cm³/mol. The van der Waals surface area contributed by atoms with Gasteiger partial charge in [0.05, 0.1) is 26.4 Å². The number of nitrogens with one attached hydrogen (secondary N) is 3. The number of rotatable bonds is 6. The summed E-state index contributed by atoms with van der Waals surface area (Å²) in [4.78, 5) is 12.2. The van der Waals surface area contributed by atoms with Crippen LogP contribution in [0.2, 0.25) is 0 Å². The molecule has 1 amide bonds. The Morgan fingerprint density at radius 2 is 1.95 bits per heavy atom. The zero-order valence-electron chi connectivity index (χ0n) is 13.1. The molecule has 22 heavy (non-hydrogen) atoms. The first-order valence-electron chi connectivity index (χ1n) is 6.59. The third-order valence-corrected chi connectivity index (χ3v) is 2.95. The lowest BCUT2D eigenvalue weighted by Crippen LogP contribution is -2.50. The van der Waals surface area contributed by atoms with Crippen LogP contribution in [0.4, 0.5) is 0 Å². The number of benzene rings is 1. The number of hydrogen-bond donors (Lipinski definition) is 3. The average Bonchev–Trinajstić information content (AvgIpc) is 2.52. The molecule has 0 aliphatic heterocycles. The maximum absolute atomic E-state index is 12.2. The van der Waals surface area contributed by atoms with Crippen LogP contribution >= 0.6 is 12.2 Å². The van der Waals surface area contributed by atoms with Gasteiger partial charge in [0.2, 0.25) is 0 Å². The van der Waals surface area contributed by atoms with Gasteiger partial charge in [-0.15, -0.1) is 0 Å². The maximum Gasteiger partial charge on any atom is 0.273 e. The highest BCUT2D eigenvalue weighted by Crippen LogP contribution is 2.23. The molecule has 0 fully saturated rings. The van der Waals surface area contributed by atoms with Gasteiger partial charge in [-0.3, -0.25) is 15.6 Å². The molecular weight excluding hydrogens is 306 g/mol. The second kappa shape index (κ2) is 9.06. The molecule has 8 heteroatoms. The van der Waals surface area contributed by atoms with Gasteiger partial charge in [0.1, 0.15) is 11.5 Å². The third kappa shape index (κ3) is 5.38. The van der Waals surface area contributed by atoms with Gasteiger partial charge in [0, 0.05) is 13.2 Å². The van der Waals surface area contributed by atoms with Crippen LogP contribution in [0.15, 0.2) is 18.2 Å². The molecule has 0 aliphatic rings. The van der Waals surface area contributed by atoms with Gasteiger partial charge >= 0.3 is 0 Å². The van der Waals surface area contributed by atoms with E-state index in [0.717, 1.165) is 0 Å². The molecule has 0 radical (unpaired) electrons. The Hall–Kier alpha value is -2.06. The lowest BCUT2D eigenvalue weighted by molar-refractivity contribution is 0.0940. The fourth-order valence-electron chi connectivity index (χ4n) is 1.72. The smallest absolute Gasteiger partial charge is 0.273 e. The number of amides is 1. The molecule has 7 nitrogen and oxygen atoms in total. The highest BCUT2D eigenvalue weighted by molar-refractivity contribution is 7.80. The van der Waals surface area contributed by atoms with Crippen molar-refractivity contribution in [3.05, 3.63) is 23.8 Å². The van der Waals surface area contributed by atoms with Crippen molar-refractivity contribution in [2.45, 2.75) is 13.0 Å². The van der Waals surface area contributed by atoms with Crippen LogP contribution in [0.3, 0.4) is 0 Å². The topological polar surface area (TPSA) is 80.9 Å². The minimum atomic E-state index is -0.390. The molecule has 1 atom stereocenters. The molecule has 1 aromatic carbocycles. The summed E-state index contributed by atoms with van der Waals surface area (Å²) in [5, 5.41) is 3.25. The number of thiocarbonyl (C=S) groups is 1. The average molecular weight is 327 g/mol. The fourth-order valence-corrected chi connectivity index (χ4v) is 1.98. The van der Waals surface area contributed by atoms with E-state index in [9.17, 15) is 4.79 Å². The van der Waals surface area contributed by atoms with Crippen molar-refractivity contribution in [1.82, 2.24) is 16.2 Å². The quantitative estimate of drug-likeness (QED) is 0.528. The molecular formula is C14H21N3O4S. The first-order valence-corrected chi connectivity index (χ1v) is 7.00. The van der Waals surface area contributed by atoms with Crippen molar-refractivity contribution in [3.63, 3.8) is 0 Å². The fraction of sp³-hybridized carbons (Fsp3) is 0.429. The Morgan fingerprint density at radius 1 is 1.23 bits per heavy atom. The molecule has 0 aliphatic carbocycles. The Kier molecular flexibility index (Phi) is 7.41. The number of hydrazine groups is 1. The molecule has 0 unspecified atom stereocenters. The van der Waals surface area contributed by atoms with Gasteiger partial charge in [-0.1, -0.05) is 0 Å². The van der Waals surface area contributed by atoms with E-state index in [1.165, 1.54) is 14.2 Å². The number of carbonyl (C=O) groups is 1. The molecule has 1 rings (SSSR count). The first-order chi connectivity index (χ1) is 10.5. The van der Waals surface area contributed by atoms with Crippen molar-refractivity contribution in [1.29, 1.82) is 0 Å². The zero-order valence-corrected chi connectivity index (χ0v) is 13.9. The van der Waals surface area contributed by atoms with Gasteiger partial charge in [-0.05, 0) is 37.3 Å². The predicted octanol–water partition coefficient (Wildman–Crippen LogP) is 0.848. The van der Waals surface area contributed by atoms with Crippen LogP contribution in [0.1, 0.15) is 17.3 Å². The molecule has 122 valence electrons. The van der Waals surface area contributed by atoms with Crippen LogP contribution in [-0.2, 0) is 4.74 Å². The summed E-state index contributed by atoms with van der Waals surface area (Å²) >= 11 is 5.07. The van der Waals surface area contributed by atoms with E-state index in [2.05, 4.69) is 16.2 Å². The molecule has 0 saturated carbocycles. The van der Waals surface area contributed by atoms with Crippen molar-refractivity contribution in [2.75, 3.05) is 27.9 Å². The molecule has 0 aromatic heterocycles. The minimum Gasteiger partial charge on any atom is -0.497 e. The Labute approximate surface area is 135 Å². The lowest BCUT2D eigenvalue weighted by Gasteiger charge is -2.17. The maximum atomic E-state index is 12.2.